The van der Waals surface area contributed by atoms with E-state index >= 15 is 0 Å². The predicted molar refractivity (Wildman–Crippen MR) is 89.1 cm³/mol. The number of aromatic hydroxyl groups is 1. The first-order valence-electron chi connectivity index (χ1n) is 8.11. The van der Waals surface area contributed by atoms with Gasteiger partial charge in [-0.05, 0) is 46.5 Å². The Labute approximate surface area is 129 Å². The second-order valence-corrected chi connectivity index (χ2v) is 5.92. The average Bonchev–Trinajstić information content (AvgIpc) is 2.68. The summed E-state index contributed by atoms with van der Waals surface area (Å²) < 4.78 is 0. The lowest BCUT2D eigenvalue weighted by Gasteiger charge is -2.23. The van der Waals surface area contributed by atoms with Crippen molar-refractivity contribution in [3.8, 4) is 5.75 Å². The third kappa shape index (κ3) is 4.35. The lowest BCUT2D eigenvalue weighted by Crippen LogP contribution is -2.28. The van der Waals surface area contributed by atoms with Crippen LogP contribution in [0.5, 0.6) is 5.75 Å². The first-order chi connectivity index (χ1) is 10.1. The van der Waals surface area contributed by atoms with E-state index in [-0.39, 0.29) is 0 Å². The Morgan fingerprint density at radius 2 is 1.86 bits per heavy atom. The number of phenols is 1. The van der Waals surface area contributed by atoms with Gasteiger partial charge in [0.05, 0.1) is 0 Å². The summed E-state index contributed by atoms with van der Waals surface area (Å²) in [5.74, 6) is 0.428. The van der Waals surface area contributed by atoms with E-state index in [1.165, 1.54) is 13.0 Å². The molecule has 0 aliphatic carbocycles. The number of benzene rings is 1. The number of hydrogen-bond acceptors (Lipinski definition) is 4. The topological polar surface area (TPSA) is 30.0 Å². The van der Waals surface area contributed by atoms with Crippen LogP contribution in [0.3, 0.4) is 0 Å². The molecule has 0 radical (unpaired) electrons. The molecule has 0 spiro atoms. The fourth-order valence-corrected chi connectivity index (χ4v) is 2.97. The van der Waals surface area contributed by atoms with Gasteiger partial charge in [-0.2, -0.15) is 0 Å². The van der Waals surface area contributed by atoms with E-state index in [2.05, 4.69) is 47.7 Å². The van der Waals surface area contributed by atoms with Crippen LogP contribution in [0.25, 0.3) is 0 Å². The Morgan fingerprint density at radius 3 is 2.52 bits per heavy atom. The zero-order chi connectivity index (χ0) is 15.2. The van der Waals surface area contributed by atoms with E-state index in [4.69, 9.17) is 0 Å². The summed E-state index contributed by atoms with van der Waals surface area (Å²) >= 11 is 0. The monoisotopic (exact) mass is 291 g/mol. The molecule has 0 atom stereocenters. The zero-order valence-electron chi connectivity index (χ0n) is 13.7. The molecule has 0 aromatic heterocycles. The van der Waals surface area contributed by atoms with Gasteiger partial charge in [-0.25, -0.2) is 0 Å². The highest BCUT2D eigenvalue weighted by atomic mass is 16.3. The normalized spacial score (nSPS) is 17.7. The maximum atomic E-state index is 10.3. The van der Waals surface area contributed by atoms with Crippen molar-refractivity contribution in [2.75, 3.05) is 51.2 Å². The van der Waals surface area contributed by atoms with Crippen LogP contribution in [0.15, 0.2) is 18.2 Å². The molecule has 1 aromatic rings. The molecule has 0 bridgehead atoms. The molecule has 1 aromatic carbocycles. The van der Waals surface area contributed by atoms with E-state index in [1.54, 1.807) is 0 Å². The molecule has 1 N–H and O–H groups in total. The Kier molecular flexibility index (Phi) is 5.88. The molecule has 1 fully saturated rings. The lowest BCUT2D eigenvalue weighted by molar-refractivity contribution is 0.266. The number of phenolic OH excluding ortho intramolecular Hbond substituents is 1. The van der Waals surface area contributed by atoms with Gasteiger partial charge in [0, 0.05) is 50.0 Å². The third-order valence-corrected chi connectivity index (χ3v) is 4.40. The van der Waals surface area contributed by atoms with Crippen molar-refractivity contribution in [1.82, 2.24) is 9.80 Å². The average molecular weight is 291 g/mol. The number of likely N-dealkylation sites (N-methyl/N-ethyl adjacent to an activating group) is 1. The summed E-state index contributed by atoms with van der Waals surface area (Å²) in [4.78, 5) is 7.07. The molecule has 1 saturated heterocycles. The van der Waals surface area contributed by atoms with Crippen molar-refractivity contribution < 1.29 is 5.11 Å². The van der Waals surface area contributed by atoms with E-state index in [0.29, 0.717) is 5.75 Å². The highest BCUT2D eigenvalue weighted by Crippen LogP contribution is 2.26. The molecule has 0 unspecified atom stereocenters. The van der Waals surface area contributed by atoms with Crippen molar-refractivity contribution in [2.45, 2.75) is 26.8 Å². The van der Waals surface area contributed by atoms with Crippen LogP contribution >= 0.6 is 0 Å². The van der Waals surface area contributed by atoms with Gasteiger partial charge in [-0.3, -0.25) is 4.90 Å². The minimum Gasteiger partial charge on any atom is -0.508 e. The maximum absolute atomic E-state index is 10.3. The van der Waals surface area contributed by atoms with Crippen LogP contribution in [0, 0.1) is 0 Å². The van der Waals surface area contributed by atoms with Crippen LogP contribution in [0.2, 0.25) is 0 Å². The van der Waals surface area contributed by atoms with Gasteiger partial charge in [0.1, 0.15) is 5.75 Å². The van der Waals surface area contributed by atoms with Crippen LogP contribution in [0.4, 0.5) is 5.69 Å². The number of rotatable bonds is 5. The molecule has 0 amide bonds. The van der Waals surface area contributed by atoms with Gasteiger partial charge in [0.15, 0.2) is 0 Å². The summed E-state index contributed by atoms with van der Waals surface area (Å²) in [5.41, 5.74) is 2.15. The fourth-order valence-electron chi connectivity index (χ4n) is 2.97. The van der Waals surface area contributed by atoms with Gasteiger partial charge >= 0.3 is 0 Å². The molecule has 1 aliphatic rings. The molecular formula is C17H29N3O. The van der Waals surface area contributed by atoms with Crippen molar-refractivity contribution in [3.05, 3.63) is 23.8 Å². The molecule has 21 heavy (non-hydrogen) atoms. The molecule has 1 aliphatic heterocycles. The molecule has 118 valence electrons. The smallest absolute Gasteiger partial charge is 0.122 e. The first kappa shape index (κ1) is 16.1. The van der Waals surface area contributed by atoms with Crippen molar-refractivity contribution >= 4 is 5.69 Å². The van der Waals surface area contributed by atoms with Gasteiger partial charge in [-0.15, -0.1) is 0 Å². The standard InChI is InChI=1S/C17H29N3O/c1-4-20(5-2)16-8-7-15(17(21)13-16)14-19-10-6-9-18(3)11-12-19/h7-8,13,21H,4-6,9-12,14H2,1-3H3. The highest BCUT2D eigenvalue weighted by Gasteiger charge is 2.14. The van der Waals surface area contributed by atoms with Crippen molar-refractivity contribution in [2.24, 2.45) is 0 Å². The predicted octanol–water partition coefficient (Wildman–Crippen LogP) is 2.38. The van der Waals surface area contributed by atoms with Crippen molar-refractivity contribution in [3.63, 3.8) is 0 Å². The Hall–Kier alpha value is -1.26. The fraction of sp³-hybridized carbons (Fsp3) is 0.647. The molecule has 1 heterocycles. The minimum absolute atomic E-state index is 0.428. The van der Waals surface area contributed by atoms with Gasteiger partial charge < -0.3 is 14.9 Å². The van der Waals surface area contributed by atoms with E-state index < -0.39 is 0 Å². The third-order valence-electron chi connectivity index (χ3n) is 4.40. The number of anilines is 1. The van der Waals surface area contributed by atoms with Crippen LogP contribution in [0.1, 0.15) is 25.8 Å². The molecule has 4 heteroatoms. The maximum Gasteiger partial charge on any atom is 0.122 e. The summed E-state index contributed by atoms with van der Waals surface area (Å²) in [7, 11) is 2.18. The highest BCUT2D eigenvalue weighted by molar-refractivity contribution is 5.53. The molecule has 0 saturated carbocycles. The second kappa shape index (κ2) is 7.66. The zero-order valence-corrected chi connectivity index (χ0v) is 13.7. The number of hydrogen-bond donors (Lipinski definition) is 1. The quantitative estimate of drug-likeness (QED) is 0.902. The number of nitrogens with zero attached hydrogens (tertiary/aromatic N) is 3. The Balaban J connectivity index is 2.03. The lowest BCUT2D eigenvalue weighted by atomic mass is 10.1. The summed E-state index contributed by atoms with van der Waals surface area (Å²) in [6, 6.07) is 6.12. The van der Waals surface area contributed by atoms with E-state index in [9.17, 15) is 5.11 Å². The molecular weight excluding hydrogens is 262 g/mol. The van der Waals surface area contributed by atoms with E-state index in [1.807, 2.05) is 6.07 Å². The summed E-state index contributed by atoms with van der Waals surface area (Å²) in [6.45, 7) is 11.5. The SMILES string of the molecule is CCN(CC)c1ccc(CN2CCCN(C)CC2)c(O)c1. The summed E-state index contributed by atoms with van der Waals surface area (Å²) in [6.07, 6.45) is 1.20. The van der Waals surface area contributed by atoms with E-state index in [0.717, 1.165) is 50.5 Å². The van der Waals surface area contributed by atoms with Crippen molar-refractivity contribution in [1.29, 1.82) is 0 Å². The largest absolute Gasteiger partial charge is 0.508 e. The van der Waals surface area contributed by atoms with Crippen LogP contribution in [-0.4, -0.2) is 61.2 Å². The summed E-state index contributed by atoms with van der Waals surface area (Å²) in [5, 5.41) is 10.3. The Bertz CT molecular complexity index is 446. The van der Waals surface area contributed by atoms with Gasteiger partial charge in [0.25, 0.3) is 0 Å². The van der Waals surface area contributed by atoms with Crippen LogP contribution in [-0.2, 0) is 6.54 Å². The van der Waals surface area contributed by atoms with Gasteiger partial charge in [0.2, 0.25) is 0 Å². The van der Waals surface area contributed by atoms with Gasteiger partial charge in [-0.1, -0.05) is 6.07 Å². The first-order valence-corrected chi connectivity index (χ1v) is 8.11. The minimum atomic E-state index is 0.428. The second-order valence-electron chi connectivity index (χ2n) is 5.92. The molecule has 4 nitrogen and oxygen atoms in total. The Morgan fingerprint density at radius 1 is 1.10 bits per heavy atom. The molecule has 2 rings (SSSR count). The van der Waals surface area contributed by atoms with Crippen LogP contribution < -0.4 is 4.90 Å².